The first-order valence-electron chi connectivity index (χ1n) is 8.10. The van der Waals surface area contributed by atoms with Crippen LogP contribution in [0.2, 0.25) is 0 Å². The van der Waals surface area contributed by atoms with Crippen LogP contribution in [0, 0.1) is 0 Å². The number of hydrogen-bond acceptors (Lipinski definition) is 8. The Kier molecular flexibility index (Phi) is 3.89. The van der Waals surface area contributed by atoms with E-state index in [9.17, 15) is 29.7 Å². The van der Waals surface area contributed by atoms with E-state index in [1.807, 2.05) is 0 Å². The number of hydrogen-bond donors (Lipinski definition) is 2. The molecule has 0 unspecified atom stereocenters. The van der Waals surface area contributed by atoms with E-state index in [-0.39, 0.29) is 21.9 Å². The Labute approximate surface area is 155 Å². The fourth-order valence-electron chi connectivity index (χ4n) is 3.18. The first kappa shape index (κ1) is 17.3. The summed E-state index contributed by atoms with van der Waals surface area (Å²) < 4.78 is 10.1. The van der Waals surface area contributed by atoms with Gasteiger partial charge in [0.25, 0.3) is 0 Å². The summed E-state index contributed by atoms with van der Waals surface area (Å²) in [5.74, 6) is -5.38. The first-order valence-corrected chi connectivity index (χ1v) is 8.10. The van der Waals surface area contributed by atoms with Crippen LogP contribution in [-0.2, 0) is 4.79 Å². The fourth-order valence-corrected chi connectivity index (χ4v) is 3.18. The maximum absolute atomic E-state index is 12.4. The molecular formula is C20H11O8-. The maximum Gasteiger partial charge on any atom is 0.344 e. The smallest absolute Gasteiger partial charge is 0.344 e. The quantitative estimate of drug-likeness (QED) is 0.506. The number of para-hydroxylation sites is 2. The van der Waals surface area contributed by atoms with E-state index >= 15 is 0 Å². The molecular weight excluding hydrogens is 368 g/mol. The Bertz CT molecular complexity index is 1260. The van der Waals surface area contributed by atoms with Gasteiger partial charge >= 0.3 is 11.3 Å². The number of aromatic hydroxyl groups is 2. The fraction of sp³-hybridized carbons (Fsp3) is 0.0500. The van der Waals surface area contributed by atoms with Crippen molar-refractivity contribution in [2.75, 3.05) is 0 Å². The Morgan fingerprint density at radius 3 is 1.57 bits per heavy atom. The Hall–Kier alpha value is -4.07. The van der Waals surface area contributed by atoms with Crippen LogP contribution in [0.1, 0.15) is 17.0 Å². The zero-order valence-electron chi connectivity index (χ0n) is 14.0. The molecule has 8 nitrogen and oxygen atoms in total. The van der Waals surface area contributed by atoms with Gasteiger partial charge < -0.3 is 28.9 Å². The average molecular weight is 379 g/mol. The van der Waals surface area contributed by atoms with Crippen molar-refractivity contribution < 1.29 is 28.9 Å². The molecule has 2 heterocycles. The lowest BCUT2D eigenvalue weighted by atomic mass is 9.90. The first-order chi connectivity index (χ1) is 13.4. The highest BCUT2D eigenvalue weighted by Gasteiger charge is 2.32. The molecule has 0 amide bonds. The summed E-state index contributed by atoms with van der Waals surface area (Å²) in [6.45, 7) is 0. The van der Waals surface area contributed by atoms with Gasteiger partial charge in [0.05, 0.1) is 33.8 Å². The van der Waals surface area contributed by atoms with Crippen molar-refractivity contribution in [3.8, 4) is 11.5 Å². The van der Waals surface area contributed by atoms with Crippen LogP contribution >= 0.6 is 0 Å². The zero-order chi connectivity index (χ0) is 20.0. The van der Waals surface area contributed by atoms with Gasteiger partial charge in [-0.1, -0.05) is 24.3 Å². The SMILES string of the molecule is O=C([O-])C(c1c(O)c2ccccc2oc1=O)c1c(O)c2ccccc2oc1=O. The standard InChI is InChI=1S/C20H12O8/c21-16-9-5-1-3-7-11(9)27-19(25)14(16)13(18(23)24)15-17(22)10-6-2-4-8-12(10)28-20(15)26/h1-8,13,21-22H,(H,23,24)/p-1. The van der Waals surface area contributed by atoms with E-state index in [0.29, 0.717) is 0 Å². The highest BCUT2D eigenvalue weighted by Crippen LogP contribution is 2.38. The van der Waals surface area contributed by atoms with E-state index in [1.54, 1.807) is 24.3 Å². The van der Waals surface area contributed by atoms with Crippen LogP contribution in [0.5, 0.6) is 11.5 Å². The summed E-state index contributed by atoms with van der Waals surface area (Å²) in [6, 6.07) is 11.9. The van der Waals surface area contributed by atoms with Crippen LogP contribution in [0.4, 0.5) is 0 Å². The number of carboxylic acids is 1. The number of aliphatic carboxylic acids is 1. The Morgan fingerprint density at radius 2 is 1.18 bits per heavy atom. The van der Waals surface area contributed by atoms with Crippen LogP contribution in [0.15, 0.2) is 67.0 Å². The van der Waals surface area contributed by atoms with Crippen molar-refractivity contribution in [2.24, 2.45) is 0 Å². The third-order valence-electron chi connectivity index (χ3n) is 4.45. The topological polar surface area (TPSA) is 141 Å². The molecule has 0 fully saturated rings. The molecule has 0 aliphatic carbocycles. The van der Waals surface area contributed by atoms with Crippen molar-refractivity contribution in [1.82, 2.24) is 0 Å². The molecule has 0 bridgehead atoms. The minimum absolute atomic E-state index is 0.0283. The molecule has 0 atom stereocenters. The largest absolute Gasteiger partial charge is 0.549 e. The predicted molar refractivity (Wildman–Crippen MR) is 95.1 cm³/mol. The van der Waals surface area contributed by atoms with E-state index in [1.165, 1.54) is 24.3 Å². The van der Waals surface area contributed by atoms with Gasteiger partial charge in [-0.3, -0.25) is 0 Å². The molecule has 0 radical (unpaired) electrons. The van der Waals surface area contributed by atoms with Gasteiger partial charge in [-0.2, -0.15) is 0 Å². The maximum atomic E-state index is 12.4. The number of carbonyl (C=O) groups excluding carboxylic acids is 1. The molecule has 0 aliphatic rings. The summed E-state index contributed by atoms with van der Waals surface area (Å²) >= 11 is 0. The number of fused-ring (bicyclic) bond motifs is 2. The van der Waals surface area contributed by atoms with Crippen molar-refractivity contribution in [1.29, 1.82) is 0 Å². The monoisotopic (exact) mass is 379 g/mol. The summed E-state index contributed by atoms with van der Waals surface area (Å²) in [6.07, 6.45) is 0. The van der Waals surface area contributed by atoms with E-state index < -0.39 is 45.8 Å². The molecule has 2 aromatic carbocycles. The Morgan fingerprint density at radius 1 is 0.786 bits per heavy atom. The molecule has 0 saturated carbocycles. The normalized spacial score (nSPS) is 11.3. The van der Waals surface area contributed by atoms with Gasteiger partial charge in [-0.25, -0.2) is 9.59 Å². The minimum atomic E-state index is -2.11. The second-order valence-corrected chi connectivity index (χ2v) is 6.05. The molecule has 8 heteroatoms. The number of benzene rings is 2. The van der Waals surface area contributed by atoms with E-state index in [4.69, 9.17) is 8.83 Å². The van der Waals surface area contributed by atoms with Crippen molar-refractivity contribution in [2.45, 2.75) is 5.92 Å². The lowest BCUT2D eigenvalue weighted by Crippen LogP contribution is -2.35. The van der Waals surface area contributed by atoms with Crippen LogP contribution in [0.25, 0.3) is 21.9 Å². The second-order valence-electron chi connectivity index (χ2n) is 6.05. The van der Waals surface area contributed by atoms with Gasteiger partial charge in [0, 0.05) is 0 Å². The highest BCUT2D eigenvalue weighted by atomic mass is 16.4. The van der Waals surface area contributed by atoms with Crippen LogP contribution in [0.3, 0.4) is 0 Å². The van der Waals surface area contributed by atoms with Crippen molar-refractivity contribution in [3.05, 3.63) is 80.5 Å². The molecule has 4 rings (SSSR count). The Balaban J connectivity index is 2.10. The number of rotatable bonds is 3. The highest BCUT2D eigenvalue weighted by molar-refractivity contribution is 5.91. The van der Waals surface area contributed by atoms with E-state index in [0.717, 1.165) is 0 Å². The number of carbonyl (C=O) groups is 1. The lowest BCUT2D eigenvalue weighted by molar-refractivity contribution is -0.306. The minimum Gasteiger partial charge on any atom is -0.549 e. The molecule has 0 aliphatic heterocycles. The molecule has 2 N–H and O–H groups in total. The third kappa shape index (κ3) is 2.50. The predicted octanol–water partition coefficient (Wildman–Crippen LogP) is 1.19. The molecule has 4 aromatic rings. The van der Waals surface area contributed by atoms with Gasteiger partial charge in [-0.05, 0) is 24.3 Å². The van der Waals surface area contributed by atoms with Crippen LogP contribution < -0.4 is 16.4 Å². The summed E-state index contributed by atoms with van der Waals surface area (Å²) in [5.41, 5.74) is -3.79. The molecule has 28 heavy (non-hydrogen) atoms. The van der Waals surface area contributed by atoms with Crippen molar-refractivity contribution >= 4 is 27.9 Å². The number of carboxylic acid groups (broad SMARTS) is 1. The zero-order valence-corrected chi connectivity index (χ0v) is 14.0. The van der Waals surface area contributed by atoms with Gasteiger partial charge in [0.2, 0.25) is 0 Å². The summed E-state index contributed by atoms with van der Waals surface area (Å²) in [7, 11) is 0. The van der Waals surface area contributed by atoms with E-state index in [2.05, 4.69) is 0 Å². The van der Waals surface area contributed by atoms with Gasteiger partial charge in [0.15, 0.2) is 0 Å². The summed E-state index contributed by atoms with van der Waals surface area (Å²) in [4.78, 5) is 36.7. The molecule has 0 spiro atoms. The lowest BCUT2D eigenvalue weighted by Gasteiger charge is -2.19. The van der Waals surface area contributed by atoms with Gasteiger partial charge in [0.1, 0.15) is 22.7 Å². The second kappa shape index (κ2) is 6.27. The third-order valence-corrected chi connectivity index (χ3v) is 4.45. The van der Waals surface area contributed by atoms with Crippen LogP contribution in [-0.4, -0.2) is 16.2 Å². The molecule has 140 valence electrons. The van der Waals surface area contributed by atoms with Gasteiger partial charge in [-0.15, -0.1) is 0 Å². The molecule has 0 saturated heterocycles. The summed E-state index contributed by atoms with van der Waals surface area (Å²) in [5, 5.41) is 33.1. The van der Waals surface area contributed by atoms with Crippen molar-refractivity contribution in [3.63, 3.8) is 0 Å². The average Bonchev–Trinajstić information content (AvgIpc) is 2.66. The molecule has 2 aromatic heterocycles.